The Morgan fingerprint density at radius 2 is 1.70 bits per heavy atom. The summed E-state index contributed by atoms with van der Waals surface area (Å²) in [7, 11) is 1.65. The Balaban J connectivity index is 1.81. The zero-order valence-corrected chi connectivity index (χ0v) is 18.6. The molecule has 3 aromatic rings. The maximum atomic E-state index is 14.7. The average Bonchev–Trinajstić information content (AvgIpc) is 3.13. The van der Waals surface area contributed by atoms with Crippen molar-refractivity contribution in [2.75, 3.05) is 17.7 Å². The Morgan fingerprint density at radius 1 is 0.970 bits per heavy atom. The van der Waals surface area contributed by atoms with E-state index in [2.05, 4.69) is 25.9 Å². The number of dihydropyridines is 1. The highest BCUT2D eigenvalue weighted by molar-refractivity contribution is 8.05. The molecule has 1 atom stereocenters. The average molecular weight is 468 g/mol. The second-order valence-electron chi connectivity index (χ2n) is 7.77. The van der Waals surface area contributed by atoms with Crippen LogP contribution in [0.5, 0.6) is 0 Å². The number of alkyl halides is 3. The predicted octanol–water partition coefficient (Wildman–Crippen LogP) is 5.89. The number of fused-ring (bicyclic) bond motifs is 2. The van der Waals surface area contributed by atoms with Crippen molar-refractivity contribution >= 4 is 39.9 Å². The zero-order valence-electron chi connectivity index (χ0n) is 17.8. The normalized spacial score (nSPS) is 20.2. The number of allylic oxidation sites excluding steroid dienone is 1. The molecule has 3 N–H and O–H groups in total. The lowest BCUT2D eigenvalue weighted by atomic mass is 9.88. The molecule has 0 radical (unpaired) electrons. The lowest BCUT2D eigenvalue weighted by Crippen LogP contribution is -2.39. The quantitative estimate of drug-likeness (QED) is 0.445. The van der Waals surface area contributed by atoms with E-state index in [-0.39, 0.29) is 17.2 Å². The third kappa shape index (κ3) is 3.52. The van der Waals surface area contributed by atoms with Crippen molar-refractivity contribution in [1.29, 1.82) is 0 Å². The van der Waals surface area contributed by atoms with E-state index >= 15 is 0 Å². The molecule has 1 unspecified atom stereocenters. The molecular formula is C24H20F3N5S. The van der Waals surface area contributed by atoms with Gasteiger partial charge in [0.25, 0.3) is 0 Å². The molecule has 0 saturated heterocycles. The van der Waals surface area contributed by atoms with Gasteiger partial charge in [-0.15, -0.1) is 11.8 Å². The molecule has 9 heteroatoms. The summed E-state index contributed by atoms with van der Waals surface area (Å²) in [6, 6.07) is 16.5. The molecule has 2 aromatic carbocycles. The van der Waals surface area contributed by atoms with Crippen LogP contribution in [0.25, 0.3) is 16.5 Å². The molecule has 1 aromatic heterocycles. The van der Waals surface area contributed by atoms with Crippen LogP contribution in [0.15, 0.2) is 83.2 Å². The minimum Gasteiger partial charge on any atom is -0.365 e. The van der Waals surface area contributed by atoms with Crippen LogP contribution in [0.4, 0.5) is 24.8 Å². The van der Waals surface area contributed by atoms with Gasteiger partial charge in [0.1, 0.15) is 4.75 Å². The van der Waals surface area contributed by atoms with Crippen molar-refractivity contribution in [2.45, 2.75) is 17.8 Å². The minimum atomic E-state index is -4.53. The second-order valence-corrected chi connectivity index (χ2v) is 9.23. The third-order valence-corrected chi connectivity index (χ3v) is 7.04. The van der Waals surface area contributed by atoms with Crippen LogP contribution < -0.4 is 16.0 Å². The molecule has 3 heterocycles. The number of benzene rings is 2. The Bertz CT molecular complexity index is 1330. The smallest absolute Gasteiger partial charge is 0.365 e. The van der Waals surface area contributed by atoms with Gasteiger partial charge in [0.2, 0.25) is 5.95 Å². The van der Waals surface area contributed by atoms with Crippen molar-refractivity contribution in [3.8, 4) is 0 Å². The zero-order chi connectivity index (χ0) is 23.2. The molecule has 168 valence electrons. The SMILES string of the molecule is CNc1nc(C2=C3C(Nc4ccccc4)=CNC=C3SC2(C)C(F)(F)F)c2ccccc2n1. The molecule has 0 amide bonds. The molecule has 2 aliphatic heterocycles. The maximum absolute atomic E-state index is 14.7. The molecule has 0 fully saturated rings. The second kappa shape index (κ2) is 7.84. The first-order chi connectivity index (χ1) is 15.8. The van der Waals surface area contributed by atoms with Gasteiger partial charge in [-0.25, -0.2) is 9.97 Å². The van der Waals surface area contributed by atoms with Crippen molar-refractivity contribution in [3.05, 3.63) is 88.9 Å². The summed E-state index contributed by atoms with van der Waals surface area (Å²) < 4.78 is 41.8. The van der Waals surface area contributed by atoms with Crippen LogP contribution >= 0.6 is 11.8 Å². The minimum absolute atomic E-state index is 0.109. The molecular weight excluding hydrogens is 447 g/mol. The fraction of sp³-hybridized carbons (Fsp3) is 0.167. The van der Waals surface area contributed by atoms with Crippen molar-refractivity contribution in [2.24, 2.45) is 0 Å². The highest BCUT2D eigenvalue weighted by atomic mass is 32.2. The summed E-state index contributed by atoms with van der Waals surface area (Å²) in [5.41, 5.74) is 2.74. The van der Waals surface area contributed by atoms with Gasteiger partial charge < -0.3 is 16.0 Å². The van der Waals surface area contributed by atoms with E-state index in [4.69, 9.17) is 0 Å². The summed E-state index contributed by atoms with van der Waals surface area (Å²) in [6.07, 6.45) is -1.24. The van der Waals surface area contributed by atoms with E-state index in [9.17, 15) is 13.2 Å². The largest absolute Gasteiger partial charge is 0.407 e. The number of aromatic nitrogens is 2. The fourth-order valence-electron chi connectivity index (χ4n) is 4.02. The summed E-state index contributed by atoms with van der Waals surface area (Å²) in [5, 5.41) is 9.72. The standard InChI is InChI=1S/C24H20F3N5S/c1-23(24(25,26)27)20(21-15-10-6-7-11-16(15)31-22(28-2)32-21)19-17(12-29-13-18(19)33-23)30-14-8-4-3-5-9-14/h3-13,29-30H,1-2H3,(H,28,31,32). The highest BCUT2D eigenvalue weighted by Gasteiger charge is 2.60. The van der Waals surface area contributed by atoms with Crippen LogP contribution in [0.1, 0.15) is 12.6 Å². The number of nitrogens with zero attached hydrogens (tertiary/aromatic N) is 2. The Kier molecular flexibility index (Phi) is 5.08. The molecule has 2 aliphatic rings. The first-order valence-corrected chi connectivity index (χ1v) is 11.1. The van der Waals surface area contributed by atoms with Crippen molar-refractivity contribution in [3.63, 3.8) is 0 Å². The number of thioether (sulfide) groups is 1. The van der Waals surface area contributed by atoms with E-state index in [1.54, 1.807) is 43.7 Å². The molecule has 0 spiro atoms. The van der Waals surface area contributed by atoms with E-state index < -0.39 is 10.9 Å². The Labute approximate surface area is 192 Å². The number of hydrogen-bond acceptors (Lipinski definition) is 6. The van der Waals surface area contributed by atoms with E-state index in [0.717, 1.165) is 17.4 Å². The lowest BCUT2D eigenvalue weighted by molar-refractivity contribution is -0.140. The van der Waals surface area contributed by atoms with Crippen molar-refractivity contribution in [1.82, 2.24) is 15.3 Å². The van der Waals surface area contributed by atoms with Gasteiger partial charge in [-0.2, -0.15) is 13.2 Å². The molecule has 5 nitrogen and oxygen atoms in total. The first-order valence-electron chi connectivity index (χ1n) is 10.3. The fourth-order valence-corrected chi connectivity index (χ4v) is 5.32. The Morgan fingerprint density at radius 3 is 2.42 bits per heavy atom. The number of anilines is 2. The lowest BCUT2D eigenvalue weighted by Gasteiger charge is -2.30. The maximum Gasteiger partial charge on any atom is 0.407 e. The highest BCUT2D eigenvalue weighted by Crippen LogP contribution is 2.62. The number of rotatable bonds is 4. The van der Waals surface area contributed by atoms with Gasteiger partial charge in [0.15, 0.2) is 0 Å². The number of nitrogens with one attached hydrogen (secondary N) is 3. The van der Waals surface area contributed by atoms with Crippen LogP contribution in [-0.2, 0) is 0 Å². The van der Waals surface area contributed by atoms with E-state index in [1.165, 1.54) is 6.92 Å². The summed E-state index contributed by atoms with van der Waals surface area (Å²) in [4.78, 5) is 9.48. The van der Waals surface area contributed by atoms with Crippen LogP contribution in [0, 0.1) is 0 Å². The summed E-state index contributed by atoms with van der Waals surface area (Å²) in [5.74, 6) is 0.263. The predicted molar refractivity (Wildman–Crippen MR) is 127 cm³/mol. The molecule has 0 bridgehead atoms. The van der Waals surface area contributed by atoms with Gasteiger partial charge in [-0.1, -0.05) is 36.4 Å². The topological polar surface area (TPSA) is 61.9 Å². The monoisotopic (exact) mass is 467 g/mol. The molecule has 33 heavy (non-hydrogen) atoms. The van der Waals surface area contributed by atoms with Crippen molar-refractivity contribution < 1.29 is 13.2 Å². The number of halogens is 3. The Hall–Kier alpha value is -3.46. The van der Waals surface area contributed by atoms with Gasteiger partial charge in [-0.3, -0.25) is 0 Å². The first kappa shape index (κ1) is 21.4. The number of hydrogen-bond donors (Lipinski definition) is 3. The van der Waals surface area contributed by atoms with Crippen LogP contribution in [-0.4, -0.2) is 27.9 Å². The van der Waals surface area contributed by atoms with E-state index in [1.807, 2.05) is 30.3 Å². The van der Waals surface area contributed by atoms with Gasteiger partial charge >= 0.3 is 6.18 Å². The van der Waals surface area contributed by atoms with Gasteiger partial charge in [-0.05, 0) is 25.1 Å². The third-order valence-electron chi connectivity index (χ3n) is 5.66. The van der Waals surface area contributed by atoms with E-state index in [0.29, 0.717) is 27.1 Å². The summed E-state index contributed by atoms with van der Waals surface area (Å²) >= 11 is 0.781. The van der Waals surface area contributed by atoms with Gasteiger partial charge in [0.05, 0.1) is 16.9 Å². The number of para-hydroxylation sites is 2. The molecule has 5 rings (SSSR count). The van der Waals surface area contributed by atoms with Crippen LogP contribution in [0.2, 0.25) is 0 Å². The molecule has 0 saturated carbocycles. The van der Waals surface area contributed by atoms with Crippen LogP contribution in [0.3, 0.4) is 0 Å². The molecule has 0 aliphatic carbocycles. The van der Waals surface area contributed by atoms with Gasteiger partial charge in [0, 0.05) is 46.6 Å². The summed E-state index contributed by atoms with van der Waals surface area (Å²) in [6.45, 7) is 1.22.